The van der Waals surface area contributed by atoms with E-state index in [4.69, 9.17) is 0 Å². The lowest BCUT2D eigenvalue weighted by molar-refractivity contribution is 0.112. The first-order valence-electron chi connectivity index (χ1n) is 6.38. The first-order chi connectivity index (χ1) is 8.78. The highest BCUT2D eigenvalue weighted by atomic mass is 16.1. The van der Waals surface area contributed by atoms with Crippen molar-refractivity contribution in [2.24, 2.45) is 0 Å². The monoisotopic (exact) mass is 243 g/mol. The molecule has 0 radical (unpaired) electrons. The number of nitrogens with zero attached hydrogens (tertiary/aromatic N) is 3. The number of pyridine rings is 1. The second kappa shape index (κ2) is 4.53. The third-order valence-corrected chi connectivity index (χ3v) is 3.70. The minimum atomic E-state index is 0.466. The van der Waals surface area contributed by atoms with Crippen molar-refractivity contribution in [1.29, 1.82) is 0 Å². The number of likely N-dealkylation sites (N-methyl/N-ethyl adjacent to an activating group) is 1. The van der Waals surface area contributed by atoms with Gasteiger partial charge in [0.1, 0.15) is 5.82 Å². The van der Waals surface area contributed by atoms with Gasteiger partial charge in [0.05, 0.1) is 11.7 Å². The topological polar surface area (TPSA) is 37.6 Å². The van der Waals surface area contributed by atoms with Crippen molar-refractivity contribution in [3.05, 3.63) is 35.9 Å². The lowest BCUT2D eigenvalue weighted by Crippen LogP contribution is -2.31. The molecule has 0 bridgehead atoms. The van der Waals surface area contributed by atoms with E-state index in [1.165, 1.54) is 19.4 Å². The first kappa shape index (κ1) is 11.4. The summed E-state index contributed by atoms with van der Waals surface area (Å²) in [6.07, 6.45) is 7.05. The molecule has 1 aliphatic heterocycles. The van der Waals surface area contributed by atoms with Gasteiger partial charge in [0.2, 0.25) is 0 Å². The van der Waals surface area contributed by atoms with E-state index in [9.17, 15) is 4.79 Å². The SMILES string of the molecule is CN1CCCC(c2ncc3ccc(C=O)cn23)C1. The fraction of sp³-hybridized carbons (Fsp3) is 0.429. The Bertz CT molecular complexity index is 575. The smallest absolute Gasteiger partial charge is 0.151 e. The third-order valence-electron chi connectivity index (χ3n) is 3.70. The van der Waals surface area contributed by atoms with Crippen LogP contribution in [0, 0.1) is 0 Å². The Balaban J connectivity index is 2.02. The molecule has 0 spiro atoms. The van der Waals surface area contributed by atoms with E-state index in [0.29, 0.717) is 11.5 Å². The second-order valence-corrected chi connectivity index (χ2v) is 5.09. The van der Waals surface area contributed by atoms with E-state index in [-0.39, 0.29) is 0 Å². The Morgan fingerprint density at radius 3 is 3.11 bits per heavy atom. The van der Waals surface area contributed by atoms with Crippen molar-refractivity contribution in [2.45, 2.75) is 18.8 Å². The summed E-state index contributed by atoms with van der Waals surface area (Å²) in [5, 5.41) is 0. The molecule has 2 aromatic rings. The van der Waals surface area contributed by atoms with Crippen molar-refractivity contribution in [3.8, 4) is 0 Å². The Morgan fingerprint density at radius 2 is 2.33 bits per heavy atom. The normalized spacial score (nSPS) is 21.3. The molecule has 0 aromatic carbocycles. The molecule has 3 heterocycles. The molecule has 18 heavy (non-hydrogen) atoms. The molecule has 1 aliphatic rings. The summed E-state index contributed by atoms with van der Waals surface area (Å²) in [6.45, 7) is 2.21. The molecule has 0 N–H and O–H groups in total. The maximum absolute atomic E-state index is 10.9. The number of aldehydes is 1. The van der Waals surface area contributed by atoms with Crippen LogP contribution in [0.4, 0.5) is 0 Å². The van der Waals surface area contributed by atoms with Crippen molar-refractivity contribution in [3.63, 3.8) is 0 Å². The molecule has 1 fully saturated rings. The van der Waals surface area contributed by atoms with Crippen molar-refractivity contribution < 1.29 is 4.79 Å². The van der Waals surface area contributed by atoms with Crippen LogP contribution in [-0.2, 0) is 0 Å². The Hall–Kier alpha value is -1.68. The number of likely N-dealkylation sites (tertiary alicyclic amines) is 1. The van der Waals surface area contributed by atoms with Crippen molar-refractivity contribution in [1.82, 2.24) is 14.3 Å². The fourth-order valence-electron chi connectivity index (χ4n) is 2.78. The number of piperidine rings is 1. The zero-order valence-electron chi connectivity index (χ0n) is 10.5. The van der Waals surface area contributed by atoms with Gasteiger partial charge in [-0.15, -0.1) is 0 Å². The van der Waals surface area contributed by atoms with E-state index >= 15 is 0 Å². The summed E-state index contributed by atoms with van der Waals surface area (Å²) in [4.78, 5) is 17.8. The first-order valence-corrected chi connectivity index (χ1v) is 6.38. The average molecular weight is 243 g/mol. The molecule has 1 atom stereocenters. The largest absolute Gasteiger partial charge is 0.306 e. The number of carbonyl (C=O) groups is 1. The van der Waals surface area contributed by atoms with Gasteiger partial charge in [-0.25, -0.2) is 4.98 Å². The van der Waals surface area contributed by atoms with Crippen LogP contribution in [0.5, 0.6) is 0 Å². The van der Waals surface area contributed by atoms with Crippen molar-refractivity contribution in [2.75, 3.05) is 20.1 Å². The maximum atomic E-state index is 10.9. The standard InChI is InChI=1S/C14H17N3O/c1-16-6-2-3-12(9-16)14-15-7-13-5-4-11(10-18)8-17(13)14/h4-5,7-8,10,12H,2-3,6,9H2,1H3. The van der Waals surface area contributed by atoms with Gasteiger partial charge in [-0.3, -0.25) is 4.79 Å². The van der Waals surface area contributed by atoms with Gasteiger partial charge in [0, 0.05) is 24.2 Å². The average Bonchev–Trinajstić information content (AvgIpc) is 2.81. The van der Waals surface area contributed by atoms with E-state index in [1.54, 1.807) is 0 Å². The minimum Gasteiger partial charge on any atom is -0.306 e. The van der Waals surface area contributed by atoms with E-state index < -0.39 is 0 Å². The summed E-state index contributed by atoms with van der Waals surface area (Å²) < 4.78 is 2.06. The van der Waals surface area contributed by atoms with Crippen LogP contribution in [0.2, 0.25) is 0 Å². The lowest BCUT2D eigenvalue weighted by atomic mass is 9.98. The Labute approximate surface area is 106 Å². The number of imidazole rings is 1. The van der Waals surface area contributed by atoms with E-state index in [1.807, 2.05) is 24.5 Å². The highest BCUT2D eigenvalue weighted by molar-refractivity contribution is 5.75. The van der Waals surface area contributed by atoms with Crippen LogP contribution in [0.3, 0.4) is 0 Å². The van der Waals surface area contributed by atoms with Crippen LogP contribution in [0.25, 0.3) is 5.52 Å². The van der Waals surface area contributed by atoms with Gasteiger partial charge in [0.25, 0.3) is 0 Å². The van der Waals surface area contributed by atoms with Gasteiger partial charge in [-0.1, -0.05) is 0 Å². The zero-order chi connectivity index (χ0) is 12.5. The van der Waals surface area contributed by atoms with Gasteiger partial charge in [-0.05, 0) is 38.6 Å². The third kappa shape index (κ3) is 1.93. The van der Waals surface area contributed by atoms with Crippen LogP contribution in [0.15, 0.2) is 24.5 Å². The Kier molecular flexibility index (Phi) is 2.88. The zero-order valence-corrected chi connectivity index (χ0v) is 10.5. The molecule has 0 amide bonds. The molecule has 3 rings (SSSR count). The van der Waals surface area contributed by atoms with Crippen LogP contribution < -0.4 is 0 Å². The van der Waals surface area contributed by atoms with Crippen LogP contribution in [0.1, 0.15) is 34.9 Å². The van der Waals surface area contributed by atoms with Crippen molar-refractivity contribution >= 4 is 11.8 Å². The van der Waals surface area contributed by atoms with E-state index in [2.05, 4.69) is 21.3 Å². The molecular weight excluding hydrogens is 226 g/mol. The predicted octanol–water partition coefficient (Wildman–Crippen LogP) is 1.96. The summed E-state index contributed by atoms with van der Waals surface area (Å²) in [5.41, 5.74) is 1.76. The number of aromatic nitrogens is 2. The molecule has 1 unspecified atom stereocenters. The molecule has 94 valence electrons. The number of hydrogen-bond acceptors (Lipinski definition) is 3. The van der Waals surface area contributed by atoms with Gasteiger partial charge >= 0.3 is 0 Å². The van der Waals surface area contributed by atoms with Crippen LogP contribution in [-0.4, -0.2) is 40.7 Å². The molecule has 0 saturated carbocycles. The second-order valence-electron chi connectivity index (χ2n) is 5.09. The molecule has 0 aliphatic carbocycles. The van der Waals surface area contributed by atoms with E-state index in [0.717, 1.165) is 24.2 Å². The number of carbonyl (C=O) groups excluding carboxylic acids is 1. The molecule has 4 heteroatoms. The van der Waals surface area contributed by atoms with Gasteiger partial charge in [-0.2, -0.15) is 0 Å². The summed E-state index contributed by atoms with van der Waals surface area (Å²) in [6, 6.07) is 3.79. The number of rotatable bonds is 2. The quantitative estimate of drug-likeness (QED) is 0.757. The summed E-state index contributed by atoms with van der Waals surface area (Å²) in [5.74, 6) is 1.55. The summed E-state index contributed by atoms with van der Waals surface area (Å²) in [7, 11) is 2.15. The lowest BCUT2D eigenvalue weighted by Gasteiger charge is -2.28. The highest BCUT2D eigenvalue weighted by Gasteiger charge is 2.22. The van der Waals surface area contributed by atoms with Gasteiger partial charge < -0.3 is 9.30 Å². The van der Waals surface area contributed by atoms with Crippen LogP contribution >= 0.6 is 0 Å². The molecule has 2 aromatic heterocycles. The Morgan fingerprint density at radius 1 is 1.44 bits per heavy atom. The number of hydrogen-bond donors (Lipinski definition) is 0. The maximum Gasteiger partial charge on any atom is 0.151 e. The fourth-order valence-corrected chi connectivity index (χ4v) is 2.78. The highest BCUT2D eigenvalue weighted by Crippen LogP contribution is 2.26. The molecule has 4 nitrogen and oxygen atoms in total. The summed E-state index contributed by atoms with van der Waals surface area (Å²) >= 11 is 0. The molecule has 1 saturated heterocycles. The predicted molar refractivity (Wildman–Crippen MR) is 70.1 cm³/mol. The molecular formula is C14H17N3O. The number of fused-ring (bicyclic) bond motifs is 1. The minimum absolute atomic E-state index is 0.466. The van der Waals surface area contributed by atoms with Gasteiger partial charge in [0.15, 0.2) is 6.29 Å².